The highest BCUT2D eigenvalue weighted by Crippen LogP contribution is 2.22. The van der Waals surface area contributed by atoms with Crippen molar-refractivity contribution in [1.82, 2.24) is 10.2 Å². The maximum atomic E-state index is 3.63. The topological polar surface area (TPSA) is 15.3 Å². The van der Waals surface area contributed by atoms with Crippen LogP contribution in [0.25, 0.3) is 0 Å². The van der Waals surface area contributed by atoms with Gasteiger partial charge in [-0.25, -0.2) is 0 Å². The summed E-state index contributed by atoms with van der Waals surface area (Å²) in [7, 11) is 2.33. The molecule has 2 nitrogen and oxygen atoms in total. The van der Waals surface area contributed by atoms with Crippen LogP contribution in [-0.2, 0) is 0 Å². The van der Waals surface area contributed by atoms with Gasteiger partial charge in [0.05, 0.1) is 0 Å². The number of nitrogens with one attached hydrogen (secondary N) is 1. The van der Waals surface area contributed by atoms with Crippen LogP contribution in [0.4, 0.5) is 0 Å². The lowest BCUT2D eigenvalue weighted by Crippen LogP contribution is -2.41. The highest BCUT2D eigenvalue weighted by Gasteiger charge is 2.19. The van der Waals surface area contributed by atoms with Gasteiger partial charge in [-0.15, -0.1) is 0 Å². The van der Waals surface area contributed by atoms with Crippen LogP contribution in [0.5, 0.6) is 0 Å². The molecule has 0 spiro atoms. The van der Waals surface area contributed by atoms with Crippen molar-refractivity contribution in [2.75, 3.05) is 31.6 Å². The standard InChI is InChI=1S/C13H26N2S/c1-15(13-5-3-2-4-6-13)9-7-12-11-16-10-8-14-12/h12-14H,2-11H2,1H3. The Bertz CT molecular complexity index is 186. The van der Waals surface area contributed by atoms with Crippen LogP contribution >= 0.6 is 11.8 Å². The normalized spacial score (nSPS) is 28.5. The second-order valence-electron chi connectivity index (χ2n) is 5.29. The Labute approximate surface area is 105 Å². The van der Waals surface area contributed by atoms with E-state index in [0.717, 1.165) is 12.1 Å². The van der Waals surface area contributed by atoms with E-state index in [9.17, 15) is 0 Å². The molecule has 2 rings (SSSR count). The summed E-state index contributed by atoms with van der Waals surface area (Å²) in [6.07, 6.45) is 8.57. The van der Waals surface area contributed by atoms with Gasteiger partial charge in [-0.05, 0) is 32.9 Å². The second kappa shape index (κ2) is 6.87. The predicted octanol–water partition coefficient (Wildman–Crippen LogP) is 2.35. The number of rotatable bonds is 4. The Kier molecular flexibility index (Phi) is 5.46. The Morgan fingerprint density at radius 1 is 1.25 bits per heavy atom. The average Bonchev–Trinajstić information content (AvgIpc) is 2.38. The predicted molar refractivity (Wildman–Crippen MR) is 73.2 cm³/mol. The van der Waals surface area contributed by atoms with Crippen LogP contribution in [-0.4, -0.2) is 48.6 Å². The lowest BCUT2D eigenvalue weighted by Gasteiger charge is -2.33. The first-order valence-corrected chi connectivity index (χ1v) is 8.03. The van der Waals surface area contributed by atoms with Gasteiger partial charge in [-0.3, -0.25) is 0 Å². The van der Waals surface area contributed by atoms with Gasteiger partial charge in [0.2, 0.25) is 0 Å². The molecule has 0 radical (unpaired) electrons. The monoisotopic (exact) mass is 242 g/mol. The molecular weight excluding hydrogens is 216 g/mol. The van der Waals surface area contributed by atoms with Crippen molar-refractivity contribution in [3.63, 3.8) is 0 Å². The van der Waals surface area contributed by atoms with Gasteiger partial charge in [0.25, 0.3) is 0 Å². The molecule has 0 aromatic heterocycles. The van der Waals surface area contributed by atoms with Gasteiger partial charge < -0.3 is 10.2 Å². The van der Waals surface area contributed by atoms with Crippen molar-refractivity contribution in [2.45, 2.75) is 50.6 Å². The molecule has 1 heterocycles. The number of thioether (sulfide) groups is 1. The third-order valence-electron chi connectivity index (χ3n) is 4.03. The Morgan fingerprint density at radius 2 is 2.06 bits per heavy atom. The van der Waals surface area contributed by atoms with E-state index < -0.39 is 0 Å². The summed E-state index contributed by atoms with van der Waals surface area (Å²) >= 11 is 2.11. The SMILES string of the molecule is CN(CCC1CSCCN1)C1CCCCC1. The molecular formula is C13H26N2S. The fourth-order valence-electron chi connectivity index (χ4n) is 2.87. The van der Waals surface area contributed by atoms with E-state index in [1.165, 1.54) is 63.1 Å². The number of hydrogen-bond acceptors (Lipinski definition) is 3. The number of nitrogens with zero attached hydrogens (tertiary/aromatic N) is 1. The van der Waals surface area contributed by atoms with Crippen LogP contribution in [0.1, 0.15) is 38.5 Å². The molecule has 1 aliphatic heterocycles. The fraction of sp³-hybridized carbons (Fsp3) is 1.00. The lowest BCUT2D eigenvalue weighted by molar-refractivity contribution is 0.185. The molecule has 1 N–H and O–H groups in total. The summed E-state index contributed by atoms with van der Waals surface area (Å²) in [6.45, 7) is 2.49. The van der Waals surface area contributed by atoms with E-state index >= 15 is 0 Å². The molecule has 94 valence electrons. The first kappa shape index (κ1) is 12.7. The third kappa shape index (κ3) is 3.94. The summed E-state index contributed by atoms with van der Waals surface area (Å²) < 4.78 is 0. The zero-order valence-electron chi connectivity index (χ0n) is 10.6. The zero-order valence-corrected chi connectivity index (χ0v) is 11.4. The van der Waals surface area contributed by atoms with Gasteiger partial charge in [0.1, 0.15) is 0 Å². The van der Waals surface area contributed by atoms with Crippen molar-refractivity contribution < 1.29 is 0 Å². The highest BCUT2D eigenvalue weighted by molar-refractivity contribution is 7.99. The highest BCUT2D eigenvalue weighted by atomic mass is 32.2. The summed E-state index contributed by atoms with van der Waals surface area (Å²) in [5.74, 6) is 2.62. The average molecular weight is 242 g/mol. The van der Waals surface area contributed by atoms with E-state index in [1.54, 1.807) is 0 Å². The minimum absolute atomic E-state index is 0.768. The van der Waals surface area contributed by atoms with Gasteiger partial charge >= 0.3 is 0 Å². The molecule has 1 atom stereocenters. The van der Waals surface area contributed by atoms with E-state index in [-0.39, 0.29) is 0 Å². The van der Waals surface area contributed by atoms with Crippen LogP contribution in [0, 0.1) is 0 Å². The van der Waals surface area contributed by atoms with Crippen LogP contribution in [0.15, 0.2) is 0 Å². The Balaban J connectivity index is 1.63. The molecule has 0 amide bonds. The van der Waals surface area contributed by atoms with Gasteiger partial charge in [0, 0.05) is 30.1 Å². The van der Waals surface area contributed by atoms with Gasteiger partial charge in [-0.1, -0.05) is 19.3 Å². The van der Waals surface area contributed by atoms with E-state index in [2.05, 4.69) is 29.0 Å². The molecule has 2 aliphatic rings. The number of hydrogen-bond donors (Lipinski definition) is 1. The van der Waals surface area contributed by atoms with Crippen molar-refractivity contribution >= 4 is 11.8 Å². The Hall–Kier alpha value is 0.270. The second-order valence-corrected chi connectivity index (χ2v) is 6.44. The van der Waals surface area contributed by atoms with E-state index in [0.29, 0.717) is 0 Å². The molecule has 1 aliphatic carbocycles. The maximum Gasteiger partial charge on any atom is 0.0170 e. The van der Waals surface area contributed by atoms with Crippen LogP contribution in [0.2, 0.25) is 0 Å². The minimum atomic E-state index is 0.768. The first-order valence-electron chi connectivity index (χ1n) is 6.87. The quantitative estimate of drug-likeness (QED) is 0.815. The lowest BCUT2D eigenvalue weighted by atomic mass is 9.94. The molecule has 16 heavy (non-hydrogen) atoms. The molecule has 1 unspecified atom stereocenters. The Morgan fingerprint density at radius 3 is 2.75 bits per heavy atom. The smallest absolute Gasteiger partial charge is 0.0170 e. The molecule has 3 heteroatoms. The summed E-state index contributed by atoms with van der Waals surface area (Å²) in [6, 6.07) is 1.65. The fourth-order valence-corrected chi connectivity index (χ4v) is 3.87. The minimum Gasteiger partial charge on any atom is -0.312 e. The maximum absolute atomic E-state index is 3.63. The van der Waals surface area contributed by atoms with Crippen molar-refractivity contribution in [2.24, 2.45) is 0 Å². The van der Waals surface area contributed by atoms with Crippen molar-refractivity contribution in [3.05, 3.63) is 0 Å². The third-order valence-corrected chi connectivity index (χ3v) is 5.16. The van der Waals surface area contributed by atoms with Crippen molar-refractivity contribution in [1.29, 1.82) is 0 Å². The molecule has 0 aromatic rings. The van der Waals surface area contributed by atoms with Crippen LogP contribution in [0.3, 0.4) is 0 Å². The van der Waals surface area contributed by atoms with Crippen molar-refractivity contribution in [3.8, 4) is 0 Å². The molecule has 1 saturated heterocycles. The van der Waals surface area contributed by atoms with Crippen LogP contribution < -0.4 is 5.32 Å². The summed E-state index contributed by atoms with van der Waals surface area (Å²) in [5.41, 5.74) is 0. The molecule has 1 saturated carbocycles. The molecule has 0 bridgehead atoms. The largest absolute Gasteiger partial charge is 0.312 e. The molecule has 2 fully saturated rings. The summed E-state index contributed by atoms with van der Waals surface area (Å²) in [5, 5.41) is 3.63. The van der Waals surface area contributed by atoms with E-state index in [1.807, 2.05) is 0 Å². The van der Waals surface area contributed by atoms with Gasteiger partial charge in [0.15, 0.2) is 0 Å². The first-order chi connectivity index (χ1) is 7.86. The molecule has 0 aromatic carbocycles. The van der Waals surface area contributed by atoms with Gasteiger partial charge in [-0.2, -0.15) is 11.8 Å². The van der Waals surface area contributed by atoms with E-state index in [4.69, 9.17) is 0 Å². The zero-order chi connectivity index (χ0) is 11.2. The summed E-state index contributed by atoms with van der Waals surface area (Å²) in [4.78, 5) is 2.61.